The van der Waals surface area contributed by atoms with Crippen LogP contribution >= 0.6 is 19.8 Å². The molecule has 0 aliphatic rings. The maximum atomic E-state index is 11.9. The molecule has 0 bridgehead atoms. The van der Waals surface area contributed by atoms with Gasteiger partial charge in [0.05, 0.1) is 26.9 Å². The molecule has 174 valence electrons. The van der Waals surface area contributed by atoms with Gasteiger partial charge in [0.25, 0.3) is 0 Å². The Bertz CT molecular complexity index is 413. The molecule has 0 aromatic carbocycles. The van der Waals surface area contributed by atoms with E-state index in [1.54, 1.807) is 11.8 Å². The highest BCUT2D eigenvalue weighted by molar-refractivity contribution is 8.00. The average molecular weight is 451 g/mol. The fraction of sp³-hybridized carbons (Fsp3) is 0.957. The maximum Gasteiger partial charge on any atom is 0.192 e. The van der Waals surface area contributed by atoms with Crippen LogP contribution in [0, 0.1) is 0 Å². The SMILES string of the molecule is CCCCCCCCCCCCCCC(=O)CSCC[PH](=O)OCC[N+](C)(C)C. The van der Waals surface area contributed by atoms with Crippen molar-refractivity contribution >= 4 is 25.6 Å². The summed E-state index contributed by atoms with van der Waals surface area (Å²) in [7, 11) is 4.35. The Kier molecular flexibility index (Phi) is 20.2. The fourth-order valence-electron chi connectivity index (χ4n) is 3.08. The minimum Gasteiger partial charge on any atom is -0.329 e. The molecule has 1 atom stereocenters. The largest absolute Gasteiger partial charge is 0.329 e. The Labute approximate surface area is 186 Å². The molecular weight excluding hydrogens is 401 g/mol. The summed E-state index contributed by atoms with van der Waals surface area (Å²) < 4.78 is 18.1. The van der Waals surface area contributed by atoms with E-state index in [9.17, 15) is 9.36 Å². The zero-order valence-electron chi connectivity index (χ0n) is 19.8. The van der Waals surface area contributed by atoms with E-state index in [4.69, 9.17) is 4.52 Å². The minimum absolute atomic E-state index is 0.340. The molecule has 6 heteroatoms. The topological polar surface area (TPSA) is 43.4 Å². The van der Waals surface area contributed by atoms with Crippen molar-refractivity contribution in [2.75, 3.05) is 52.0 Å². The Morgan fingerprint density at radius 1 is 0.862 bits per heavy atom. The molecule has 0 aromatic rings. The highest BCUT2D eigenvalue weighted by Crippen LogP contribution is 2.23. The van der Waals surface area contributed by atoms with Crippen LogP contribution < -0.4 is 0 Å². The summed E-state index contributed by atoms with van der Waals surface area (Å²) in [5.41, 5.74) is 0. The number of unbranched alkanes of at least 4 members (excludes halogenated alkanes) is 11. The molecule has 0 aliphatic heterocycles. The number of carbonyl (C=O) groups is 1. The maximum absolute atomic E-state index is 11.9. The van der Waals surface area contributed by atoms with Gasteiger partial charge in [-0.25, -0.2) is 0 Å². The normalized spacial score (nSPS) is 13.0. The molecule has 0 saturated carbocycles. The summed E-state index contributed by atoms with van der Waals surface area (Å²) in [5, 5.41) is 0. The highest BCUT2D eigenvalue weighted by Gasteiger charge is 2.09. The van der Waals surface area contributed by atoms with Crippen molar-refractivity contribution in [2.24, 2.45) is 0 Å². The first-order valence-electron chi connectivity index (χ1n) is 11.9. The van der Waals surface area contributed by atoms with Crippen LogP contribution in [0.15, 0.2) is 0 Å². The second-order valence-electron chi connectivity index (χ2n) is 9.21. The van der Waals surface area contributed by atoms with Gasteiger partial charge < -0.3 is 9.01 Å². The molecule has 0 aliphatic carbocycles. The van der Waals surface area contributed by atoms with E-state index >= 15 is 0 Å². The summed E-state index contributed by atoms with van der Waals surface area (Å²) >= 11 is 1.60. The minimum atomic E-state index is -1.94. The lowest BCUT2D eigenvalue weighted by atomic mass is 10.0. The molecule has 0 aromatic heterocycles. The Balaban J connectivity index is 3.33. The van der Waals surface area contributed by atoms with Crippen molar-refractivity contribution < 1.29 is 18.4 Å². The number of nitrogens with zero attached hydrogens (tertiary/aromatic N) is 1. The lowest BCUT2D eigenvalue weighted by molar-refractivity contribution is -0.870. The zero-order valence-corrected chi connectivity index (χ0v) is 21.6. The molecular formula is C23H49NO3PS+. The number of thioether (sulfide) groups is 1. The molecule has 0 heterocycles. The highest BCUT2D eigenvalue weighted by atomic mass is 32.2. The number of hydrogen-bond acceptors (Lipinski definition) is 4. The summed E-state index contributed by atoms with van der Waals surface area (Å²) in [6.07, 6.45) is 17.2. The van der Waals surface area contributed by atoms with Crippen molar-refractivity contribution in [3.05, 3.63) is 0 Å². The van der Waals surface area contributed by atoms with Crippen molar-refractivity contribution in [2.45, 2.75) is 90.4 Å². The Morgan fingerprint density at radius 3 is 1.90 bits per heavy atom. The monoisotopic (exact) mass is 450 g/mol. The molecule has 1 unspecified atom stereocenters. The third kappa shape index (κ3) is 24.3. The van der Waals surface area contributed by atoms with E-state index < -0.39 is 8.03 Å². The number of rotatable bonds is 22. The van der Waals surface area contributed by atoms with Crippen LogP contribution in [0.1, 0.15) is 90.4 Å². The van der Waals surface area contributed by atoms with Gasteiger partial charge in [-0.05, 0) is 6.42 Å². The number of carbonyl (C=O) groups excluding carboxylic acids is 1. The zero-order chi connectivity index (χ0) is 21.8. The van der Waals surface area contributed by atoms with Crippen molar-refractivity contribution in [3.8, 4) is 0 Å². The van der Waals surface area contributed by atoms with Gasteiger partial charge in [0.15, 0.2) is 8.03 Å². The van der Waals surface area contributed by atoms with Crippen LogP contribution in [0.4, 0.5) is 0 Å². The summed E-state index contributed by atoms with van der Waals surface area (Å²) in [6.45, 7) is 3.67. The van der Waals surface area contributed by atoms with E-state index in [0.29, 0.717) is 30.7 Å². The smallest absolute Gasteiger partial charge is 0.192 e. The van der Waals surface area contributed by atoms with Gasteiger partial charge in [-0.15, -0.1) is 0 Å². The van der Waals surface area contributed by atoms with Gasteiger partial charge in [0.1, 0.15) is 18.9 Å². The van der Waals surface area contributed by atoms with Gasteiger partial charge >= 0.3 is 0 Å². The Morgan fingerprint density at radius 2 is 1.38 bits per heavy atom. The first-order valence-corrected chi connectivity index (χ1v) is 14.6. The molecule has 4 nitrogen and oxygen atoms in total. The second-order valence-corrected chi connectivity index (χ2v) is 11.9. The Hall–Kier alpha value is 0.170. The van der Waals surface area contributed by atoms with Gasteiger partial charge in [-0.2, -0.15) is 11.8 Å². The lowest BCUT2D eigenvalue weighted by Gasteiger charge is -2.23. The predicted molar refractivity (Wildman–Crippen MR) is 131 cm³/mol. The van der Waals surface area contributed by atoms with E-state index in [-0.39, 0.29) is 0 Å². The first-order chi connectivity index (χ1) is 13.8. The van der Waals surface area contributed by atoms with E-state index in [0.717, 1.165) is 23.2 Å². The molecule has 0 radical (unpaired) electrons. The third-order valence-electron chi connectivity index (χ3n) is 5.05. The van der Waals surface area contributed by atoms with Gasteiger partial charge in [0, 0.05) is 18.3 Å². The average Bonchev–Trinajstić information content (AvgIpc) is 2.65. The molecule has 0 N–H and O–H groups in total. The van der Waals surface area contributed by atoms with Crippen LogP contribution in [0.3, 0.4) is 0 Å². The van der Waals surface area contributed by atoms with Gasteiger partial charge in [-0.3, -0.25) is 9.36 Å². The number of hydrogen-bond donors (Lipinski definition) is 0. The van der Waals surface area contributed by atoms with Crippen molar-refractivity contribution in [1.82, 2.24) is 0 Å². The standard InChI is InChI=1S/C23H49NO3PS/c1-5-6-7-8-9-10-11-12-13-14-15-16-17-23(25)22-29-21-20-28(26)27-19-18-24(2,3)4/h28H,5-22H2,1-4H3/q+1. The van der Waals surface area contributed by atoms with Crippen LogP contribution in [0.25, 0.3) is 0 Å². The summed E-state index contributed by atoms with van der Waals surface area (Å²) in [4.78, 5) is 11.9. The third-order valence-corrected chi connectivity index (χ3v) is 7.61. The fourth-order valence-corrected chi connectivity index (χ4v) is 5.31. The summed E-state index contributed by atoms with van der Waals surface area (Å²) in [5.74, 6) is 1.66. The molecule has 0 rings (SSSR count). The molecule has 0 amide bonds. The van der Waals surface area contributed by atoms with Crippen LogP contribution in [-0.2, 0) is 13.9 Å². The number of likely N-dealkylation sites (N-methyl/N-ethyl adjacent to an activating group) is 1. The number of ketones is 1. The van der Waals surface area contributed by atoms with Gasteiger partial charge in [-0.1, -0.05) is 77.6 Å². The molecule has 0 saturated heterocycles. The predicted octanol–water partition coefficient (Wildman–Crippen LogP) is 6.58. The number of quaternary nitrogens is 1. The second kappa shape index (κ2) is 20.1. The number of Topliss-reactive ketones (excluding diaryl/α,β-unsaturated/α-hetero) is 1. The van der Waals surface area contributed by atoms with E-state index in [2.05, 4.69) is 28.1 Å². The summed E-state index contributed by atoms with van der Waals surface area (Å²) in [6, 6.07) is 0. The lowest BCUT2D eigenvalue weighted by Crippen LogP contribution is -2.37. The van der Waals surface area contributed by atoms with Crippen molar-refractivity contribution in [1.29, 1.82) is 0 Å². The quantitative estimate of drug-likeness (QED) is 0.106. The van der Waals surface area contributed by atoms with E-state index in [1.165, 1.54) is 70.6 Å². The molecule has 0 spiro atoms. The molecule has 0 fully saturated rings. The van der Waals surface area contributed by atoms with Crippen LogP contribution in [-0.4, -0.2) is 62.2 Å². The van der Waals surface area contributed by atoms with Gasteiger partial charge in [0.2, 0.25) is 0 Å². The van der Waals surface area contributed by atoms with Crippen molar-refractivity contribution in [3.63, 3.8) is 0 Å². The molecule has 29 heavy (non-hydrogen) atoms. The van der Waals surface area contributed by atoms with Crippen LogP contribution in [0.5, 0.6) is 0 Å². The van der Waals surface area contributed by atoms with E-state index in [1.807, 2.05) is 0 Å². The first kappa shape index (κ1) is 29.2. The van der Waals surface area contributed by atoms with Crippen LogP contribution in [0.2, 0.25) is 0 Å².